The van der Waals surface area contributed by atoms with Gasteiger partial charge < -0.3 is 14.5 Å². The molecule has 0 spiro atoms. The average molecular weight is 297 g/mol. The van der Waals surface area contributed by atoms with Crippen molar-refractivity contribution in [3.05, 3.63) is 53.6 Å². The highest BCUT2D eigenvalue weighted by Crippen LogP contribution is 2.36. The molecule has 5 heteroatoms. The van der Waals surface area contributed by atoms with Gasteiger partial charge >= 0.3 is 7.12 Å². The molecule has 2 N–H and O–H groups in total. The molecule has 1 aromatic heterocycles. The zero-order valence-corrected chi connectivity index (χ0v) is 11.6. The van der Waals surface area contributed by atoms with Gasteiger partial charge in [-0.25, -0.2) is 0 Å². The molecule has 0 amide bonds. The van der Waals surface area contributed by atoms with E-state index in [1.54, 1.807) is 12.1 Å². The van der Waals surface area contributed by atoms with Gasteiger partial charge in [-0.1, -0.05) is 54.1 Å². The Bertz CT molecular complexity index is 991. The van der Waals surface area contributed by atoms with Crippen molar-refractivity contribution in [3.63, 3.8) is 0 Å². The number of hydrogen-bond acceptors (Lipinski definition) is 3. The van der Waals surface area contributed by atoms with E-state index >= 15 is 0 Å². The van der Waals surface area contributed by atoms with Gasteiger partial charge in [0.15, 0.2) is 5.58 Å². The minimum Gasteiger partial charge on any atom is -0.454 e. The Morgan fingerprint density at radius 2 is 1.48 bits per heavy atom. The first-order valence-electron chi connectivity index (χ1n) is 6.55. The summed E-state index contributed by atoms with van der Waals surface area (Å²) in [5, 5.41) is 23.1. The molecule has 4 rings (SSSR count). The summed E-state index contributed by atoms with van der Waals surface area (Å²) in [7, 11) is -1.54. The van der Waals surface area contributed by atoms with Crippen LogP contribution >= 0.6 is 11.6 Å². The molecule has 0 aliphatic rings. The molecule has 0 atom stereocenters. The fraction of sp³-hybridized carbons (Fsp3) is 0. The van der Waals surface area contributed by atoms with Gasteiger partial charge in [0, 0.05) is 16.2 Å². The quantitative estimate of drug-likeness (QED) is 0.531. The van der Waals surface area contributed by atoms with E-state index in [1.807, 2.05) is 36.4 Å². The Morgan fingerprint density at radius 3 is 2.24 bits per heavy atom. The molecule has 0 aliphatic heterocycles. The molecule has 0 unspecified atom stereocenters. The number of para-hydroxylation sites is 1. The van der Waals surface area contributed by atoms with E-state index in [-0.39, 0.29) is 0 Å². The van der Waals surface area contributed by atoms with Crippen LogP contribution in [0.25, 0.3) is 32.7 Å². The average Bonchev–Trinajstić information content (AvgIpc) is 2.87. The van der Waals surface area contributed by atoms with Crippen LogP contribution in [0.4, 0.5) is 0 Å². The van der Waals surface area contributed by atoms with Gasteiger partial charge in [-0.2, -0.15) is 0 Å². The second-order valence-electron chi connectivity index (χ2n) is 4.98. The monoisotopic (exact) mass is 296 g/mol. The van der Waals surface area contributed by atoms with Crippen LogP contribution in [-0.2, 0) is 0 Å². The van der Waals surface area contributed by atoms with E-state index < -0.39 is 7.12 Å². The zero-order valence-electron chi connectivity index (χ0n) is 10.9. The standard InChI is InChI=1S/C16H10BClO3/c18-14-7-3-6-11-12-8-13(17(19)20)9-4-1-2-5-10(9)15(12)21-16(11)14/h1-8,19-20H. The van der Waals surface area contributed by atoms with Crippen LogP contribution in [0.2, 0.25) is 5.02 Å². The Morgan fingerprint density at radius 1 is 0.810 bits per heavy atom. The number of furan rings is 1. The normalized spacial score (nSPS) is 11.6. The molecular formula is C16H10BClO3. The number of rotatable bonds is 1. The predicted octanol–water partition coefficient (Wildman–Crippen LogP) is 3.07. The zero-order chi connectivity index (χ0) is 14.6. The van der Waals surface area contributed by atoms with Gasteiger partial charge in [-0.05, 0) is 16.9 Å². The third-order valence-corrected chi connectivity index (χ3v) is 4.06. The first-order chi connectivity index (χ1) is 10.2. The third kappa shape index (κ3) is 1.77. The van der Waals surface area contributed by atoms with Crippen molar-refractivity contribution in [2.45, 2.75) is 0 Å². The Balaban J connectivity index is 2.30. The Hall–Kier alpha value is -2.01. The maximum atomic E-state index is 9.64. The number of hydrogen-bond donors (Lipinski definition) is 2. The molecular weight excluding hydrogens is 286 g/mol. The SMILES string of the molecule is OB(O)c1cc2c3cccc(Cl)c3oc2c2ccccc12. The molecule has 0 aliphatic carbocycles. The summed E-state index contributed by atoms with van der Waals surface area (Å²) in [4.78, 5) is 0. The third-order valence-electron chi connectivity index (χ3n) is 3.77. The minimum absolute atomic E-state index is 0.459. The van der Waals surface area contributed by atoms with E-state index in [4.69, 9.17) is 16.0 Å². The highest BCUT2D eigenvalue weighted by molar-refractivity contribution is 6.62. The van der Waals surface area contributed by atoms with Crippen molar-refractivity contribution >= 4 is 56.9 Å². The summed E-state index contributed by atoms with van der Waals surface area (Å²) >= 11 is 6.19. The van der Waals surface area contributed by atoms with Crippen LogP contribution in [0.3, 0.4) is 0 Å². The van der Waals surface area contributed by atoms with Crippen molar-refractivity contribution in [1.29, 1.82) is 0 Å². The number of halogens is 1. The summed E-state index contributed by atoms with van der Waals surface area (Å²) in [5.74, 6) is 0. The van der Waals surface area contributed by atoms with Crippen molar-refractivity contribution in [1.82, 2.24) is 0 Å². The van der Waals surface area contributed by atoms with Crippen LogP contribution in [0.1, 0.15) is 0 Å². The predicted molar refractivity (Wildman–Crippen MR) is 86.1 cm³/mol. The van der Waals surface area contributed by atoms with Gasteiger partial charge in [-0.15, -0.1) is 0 Å². The molecule has 3 aromatic carbocycles. The fourth-order valence-electron chi connectivity index (χ4n) is 2.83. The number of fused-ring (bicyclic) bond motifs is 5. The maximum Gasteiger partial charge on any atom is 0.489 e. The summed E-state index contributed by atoms with van der Waals surface area (Å²) in [5.41, 5.74) is 1.78. The molecule has 0 fully saturated rings. The largest absolute Gasteiger partial charge is 0.489 e. The first kappa shape index (κ1) is 12.7. The Labute approximate surface area is 125 Å². The second-order valence-corrected chi connectivity index (χ2v) is 5.39. The second kappa shape index (κ2) is 4.50. The van der Waals surface area contributed by atoms with Gasteiger partial charge in [-0.3, -0.25) is 0 Å². The van der Waals surface area contributed by atoms with Crippen LogP contribution in [-0.4, -0.2) is 17.2 Å². The lowest BCUT2D eigenvalue weighted by molar-refractivity contribution is 0.426. The van der Waals surface area contributed by atoms with Gasteiger partial charge in [0.05, 0.1) is 5.02 Å². The summed E-state index contributed by atoms with van der Waals surface area (Å²) in [6.07, 6.45) is 0. The molecule has 0 saturated heterocycles. The molecule has 3 nitrogen and oxygen atoms in total. The van der Waals surface area contributed by atoms with Gasteiger partial charge in [0.2, 0.25) is 0 Å². The van der Waals surface area contributed by atoms with Gasteiger partial charge in [0.1, 0.15) is 5.58 Å². The minimum atomic E-state index is -1.54. The first-order valence-corrected chi connectivity index (χ1v) is 6.93. The topological polar surface area (TPSA) is 53.6 Å². The Kier molecular flexibility index (Phi) is 2.72. The molecule has 1 heterocycles. The molecule has 0 saturated carbocycles. The lowest BCUT2D eigenvalue weighted by atomic mass is 9.76. The molecule has 4 aromatic rings. The van der Waals surface area contributed by atoms with Crippen LogP contribution in [0.15, 0.2) is 52.9 Å². The highest BCUT2D eigenvalue weighted by atomic mass is 35.5. The highest BCUT2D eigenvalue weighted by Gasteiger charge is 2.20. The van der Waals surface area contributed by atoms with E-state index in [0.29, 0.717) is 21.7 Å². The lowest BCUT2D eigenvalue weighted by Gasteiger charge is -2.06. The van der Waals surface area contributed by atoms with E-state index in [2.05, 4.69) is 0 Å². The van der Waals surface area contributed by atoms with Gasteiger partial charge in [0.25, 0.3) is 0 Å². The van der Waals surface area contributed by atoms with E-state index in [9.17, 15) is 10.0 Å². The smallest absolute Gasteiger partial charge is 0.454 e. The van der Waals surface area contributed by atoms with Crippen LogP contribution < -0.4 is 5.46 Å². The molecule has 0 bridgehead atoms. The van der Waals surface area contributed by atoms with Crippen molar-refractivity contribution in [2.75, 3.05) is 0 Å². The van der Waals surface area contributed by atoms with Crippen molar-refractivity contribution < 1.29 is 14.5 Å². The van der Waals surface area contributed by atoms with Crippen LogP contribution in [0.5, 0.6) is 0 Å². The summed E-state index contributed by atoms with van der Waals surface area (Å²) in [6, 6.07) is 14.8. The van der Waals surface area contributed by atoms with Crippen molar-refractivity contribution in [3.8, 4) is 0 Å². The fourth-order valence-corrected chi connectivity index (χ4v) is 3.04. The molecule has 102 valence electrons. The van der Waals surface area contributed by atoms with E-state index in [0.717, 1.165) is 21.5 Å². The molecule has 21 heavy (non-hydrogen) atoms. The van der Waals surface area contributed by atoms with Crippen LogP contribution in [0, 0.1) is 0 Å². The van der Waals surface area contributed by atoms with Crippen molar-refractivity contribution in [2.24, 2.45) is 0 Å². The van der Waals surface area contributed by atoms with E-state index in [1.165, 1.54) is 0 Å². The summed E-state index contributed by atoms with van der Waals surface area (Å²) < 4.78 is 5.94. The molecule has 0 radical (unpaired) electrons. The lowest BCUT2D eigenvalue weighted by Crippen LogP contribution is -2.30. The maximum absolute atomic E-state index is 9.64. The summed E-state index contributed by atoms with van der Waals surface area (Å²) in [6.45, 7) is 0. The number of benzene rings is 3.